The summed E-state index contributed by atoms with van der Waals surface area (Å²) in [6, 6.07) is 5.75. The van der Waals surface area contributed by atoms with Gasteiger partial charge in [0.25, 0.3) is 0 Å². The quantitative estimate of drug-likeness (QED) is 0.760. The molecule has 0 unspecified atom stereocenters. The summed E-state index contributed by atoms with van der Waals surface area (Å²) in [6.07, 6.45) is 2.69. The molecular formula is C16H19ClN2O4S. The molecule has 0 N–H and O–H groups in total. The first-order chi connectivity index (χ1) is 11.4. The maximum absolute atomic E-state index is 12.9. The van der Waals surface area contributed by atoms with Crippen molar-refractivity contribution in [2.75, 3.05) is 13.1 Å². The number of halogens is 1. The average molecular weight is 371 g/mol. The van der Waals surface area contributed by atoms with Gasteiger partial charge in [0, 0.05) is 13.1 Å². The zero-order valence-corrected chi connectivity index (χ0v) is 14.9. The summed E-state index contributed by atoms with van der Waals surface area (Å²) in [4.78, 5) is 11.9. The van der Waals surface area contributed by atoms with Crippen LogP contribution in [0.5, 0.6) is 0 Å². The standard InChI is InChI=1S/C16H19ClN2O4S/c1-12(11-18)23-16(20)13-6-7-14(17)15(10-13)24(21,22)19-8-4-2-3-5-9-19/h6-7,10,12H,2-5,8-9H2,1H3/t12-/m0/s1. The fourth-order valence-electron chi connectivity index (χ4n) is 2.50. The Morgan fingerprint density at radius 2 is 1.92 bits per heavy atom. The van der Waals surface area contributed by atoms with Crippen LogP contribution in [0.2, 0.25) is 5.02 Å². The van der Waals surface area contributed by atoms with Gasteiger partial charge in [-0.3, -0.25) is 0 Å². The average Bonchev–Trinajstić information content (AvgIpc) is 2.84. The zero-order chi connectivity index (χ0) is 17.7. The summed E-state index contributed by atoms with van der Waals surface area (Å²) in [5, 5.41) is 8.76. The highest BCUT2D eigenvalue weighted by molar-refractivity contribution is 7.89. The van der Waals surface area contributed by atoms with Crippen molar-refractivity contribution >= 4 is 27.6 Å². The molecule has 24 heavy (non-hydrogen) atoms. The highest BCUT2D eigenvalue weighted by Gasteiger charge is 2.28. The number of nitrogens with zero attached hydrogens (tertiary/aromatic N) is 2. The van der Waals surface area contributed by atoms with Gasteiger partial charge in [-0.15, -0.1) is 0 Å². The topological polar surface area (TPSA) is 87.5 Å². The van der Waals surface area contributed by atoms with E-state index < -0.39 is 22.1 Å². The molecule has 1 atom stereocenters. The molecule has 0 amide bonds. The Balaban J connectivity index is 2.34. The third-order valence-corrected chi connectivity index (χ3v) is 6.20. The molecule has 0 saturated carbocycles. The van der Waals surface area contributed by atoms with Crippen LogP contribution in [0.4, 0.5) is 0 Å². The molecule has 1 saturated heterocycles. The van der Waals surface area contributed by atoms with Crippen molar-refractivity contribution in [3.05, 3.63) is 28.8 Å². The maximum Gasteiger partial charge on any atom is 0.339 e. The van der Waals surface area contributed by atoms with E-state index in [1.54, 1.807) is 6.07 Å². The summed E-state index contributed by atoms with van der Waals surface area (Å²) in [6.45, 7) is 2.32. The summed E-state index contributed by atoms with van der Waals surface area (Å²) in [7, 11) is -3.78. The van der Waals surface area contributed by atoms with E-state index in [2.05, 4.69) is 0 Å². The molecule has 0 radical (unpaired) electrons. The van der Waals surface area contributed by atoms with Crippen molar-refractivity contribution in [2.45, 2.75) is 43.6 Å². The third kappa shape index (κ3) is 4.26. The summed E-state index contributed by atoms with van der Waals surface area (Å²) in [5.74, 6) is -0.756. The number of hydrogen-bond acceptors (Lipinski definition) is 5. The minimum atomic E-state index is -3.78. The van der Waals surface area contributed by atoms with E-state index >= 15 is 0 Å². The Labute approximate surface area is 147 Å². The second-order valence-corrected chi connectivity index (χ2v) is 7.95. The minimum absolute atomic E-state index is 0.0508. The molecule has 0 bridgehead atoms. The van der Waals surface area contributed by atoms with Crippen molar-refractivity contribution in [3.63, 3.8) is 0 Å². The van der Waals surface area contributed by atoms with Crippen LogP contribution in [0.3, 0.4) is 0 Å². The monoisotopic (exact) mass is 370 g/mol. The first-order valence-electron chi connectivity index (χ1n) is 7.76. The Kier molecular flexibility index (Phi) is 6.21. The molecule has 1 heterocycles. The second kappa shape index (κ2) is 7.97. The Hall–Kier alpha value is -1.62. The highest BCUT2D eigenvalue weighted by atomic mass is 35.5. The van der Waals surface area contributed by atoms with Crippen molar-refractivity contribution in [3.8, 4) is 6.07 Å². The van der Waals surface area contributed by atoms with Crippen LogP contribution in [0.1, 0.15) is 43.0 Å². The van der Waals surface area contributed by atoms with Gasteiger partial charge in [0.15, 0.2) is 6.10 Å². The molecule has 0 aliphatic carbocycles. The SMILES string of the molecule is C[C@@H](C#N)OC(=O)c1ccc(Cl)c(S(=O)(=O)N2CCCCCC2)c1. The molecule has 2 rings (SSSR count). The lowest BCUT2D eigenvalue weighted by atomic mass is 10.2. The molecule has 1 aromatic carbocycles. The van der Waals surface area contributed by atoms with E-state index in [0.29, 0.717) is 13.1 Å². The van der Waals surface area contributed by atoms with Gasteiger partial charge in [-0.25, -0.2) is 13.2 Å². The molecule has 0 aromatic heterocycles. The van der Waals surface area contributed by atoms with Crippen molar-refractivity contribution in [1.82, 2.24) is 4.31 Å². The van der Waals surface area contributed by atoms with E-state index in [1.165, 1.54) is 29.4 Å². The van der Waals surface area contributed by atoms with Gasteiger partial charge >= 0.3 is 5.97 Å². The Bertz CT molecular complexity index is 750. The van der Waals surface area contributed by atoms with E-state index in [1.807, 2.05) is 0 Å². The zero-order valence-electron chi connectivity index (χ0n) is 13.4. The van der Waals surface area contributed by atoms with Gasteiger partial charge in [-0.2, -0.15) is 9.57 Å². The predicted octanol–water partition coefficient (Wildman–Crippen LogP) is 2.97. The van der Waals surface area contributed by atoms with E-state index in [9.17, 15) is 13.2 Å². The number of hydrogen-bond donors (Lipinski definition) is 0. The smallest absolute Gasteiger partial charge is 0.339 e. The lowest BCUT2D eigenvalue weighted by molar-refractivity contribution is 0.0435. The van der Waals surface area contributed by atoms with Crippen molar-refractivity contribution in [2.24, 2.45) is 0 Å². The second-order valence-electron chi connectivity index (χ2n) is 5.64. The number of carbonyl (C=O) groups is 1. The molecule has 0 spiro atoms. The van der Waals surface area contributed by atoms with Gasteiger partial charge in [0.05, 0.1) is 10.6 Å². The van der Waals surface area contributed by atoms with Crippen LogP contribution in [0.15, 0.2) is 23.1 Å². The molecule has 1 aliphatic heterocycles. The van der Waals surface area contributed by atoms with Crippen molar-refractivity contribution < 1.29 is 17.9 Å². The lowest BCUT2D eigenvalue weighted by Gasteiger charge is -2.21. The molecule has 1 fully saturated rings. The van der Waals surface area contributed by atoms with Gasteiger partial charge in [0.1, 0.15) is 11.0 Å². The number of ether oxygens (including phenoxy) is 1. The van der Waals surface area contributed by atoms with Gasteiger partial charge in [0.2, 0.25) is 10.0 Å². The molecule has 1 aliphatic rings. The number of esters is 1. The number of benzene rings is 1. The third-order valence-electron chi connectivity index (χ3n) is 3.82. The maximum atomic E-state index is 12.9. The van der Waals surface area contributed by atoms with Gasteiger partial charge < -0.3 is 4.74 Å². The van der Waals surface area contributed by atoms with Crippen LogP contribution in [-0.2, 0) is 14.8 Å². The molecule has 1 aromatic rings. The van der Waals surface area contributed by atoms with E-state index in [0.717, 1.165) is 25.7 Å². The molecule has 8 heteroatoms. The fraction of sp³-hybridized carbons (Fsp3) is 0.500. The summed E-state index contributed by atoms with van der Waals surface area (Å²) < 4.78 is 32.0. The van der Waals surface area contributed by atoms with Crippen molar-refractivity contribution in [1.29, 1.82) is 5.26 Å². The van der Waals surface area contributed by atoms with Crippen LogP contribution in [0.25, 0.3) is 0 Å². The molecule has 130 valence electrons. The van der Waals surface area contributed by atoms with Gasteiger partial charge in [-0.1, -0.05) is 24.4 Å². The van der Waals surface area contributed by atoms with E-state index in [4.69, 9.17) is 21.6 Å². The number of rotatable bonds is 4. The first-order valence-corrected chi connectivity index (χ1v) is 9.58. The summed E-state index contributed by atoms with van der Waals surface area (Å²) in [5.41, 5.74) is 0.0508. The number of carbonyl (C=O) groups excluding carboxylic acids is 1. The Morgan fingerprint density at radius 3 is 2.50 bits per heavy atom. The Morgan fingerprint density at radius 1 is 1.29 bits per heavy atom. The van der Waals surface area contributed by atoms with Crippen LogP contribution >= 0.6 is 11.6 Å². The number of sulfonamides is 1. The minimum Gasteiger partial charge on any atom is -0.444 e. The van der Waals surface area contributed by atoms with E-state index in [-0.39, 0.29) is 15.5 Å². The number of nitriles is 1. The fourth-order valence-corrected chi connectivity index (χ4v) is 4.52. The highest BCUT2D eigenvalue weighted by Crippen LogP contribution is 2.28. The van der Waals surface area contributed by atoms with Crippen LogP contribution in [0, 0.1) is 11.3 Å². The lowest BCUT2D eigenvalue weighted by Crippen LogP contribution is -2.32. The largest absolute Gasteiger partial charge is 0.444 e. The summed E-state index contributed by atoms with van der Waals surface area (Å²) >= 11 is 6.07. The normalized spacial score (nSPS) is 17.5. The van der Waals surface area contributed by atoms with Gasteiger partial charge in [-0.05, 0) is 38.0 Å². The first kappa shape index (κ1) is 18.7. The molecular weight excluding hydrogens is 352 g/mol. The molecule has 6 nitrogen and oxygen atoms in total. The van der Waals surface area contributed by atoms with Crippen LogP contribution < -0.4 is 0 Å². The predicted molar refractivity (Wildman–Crippen MR) is 89.2 cm³/mol. The van der Waals surface area contributed by atoms with Crippen LogP contribution in [-0.4, -0.2) is 37.9 Å².